The lowest BCUT2D eigenvalue weighted by atomic mass is 10.1. The van der Waals surface area contributed by atoms with Crippen molar-refractivity contribution in [3.8, 4) is 23.0 Å². The first-order chi connectivity index (χ1) is 21.3. The third-order valence-corrected chi connectivity index (χ3v) is 7.15. The van der Waals surface area contributed by atoms with Crippen LogP contribution in [0.2, 0.25) is 0 Å². The molecule has 1 atom stereocenters. The number of fused-ring (bicyclic) bond motifs is 1. The molecule has 0 aliphatic carbocycles. The van der Waals surface area contributed by atoms with Gasteiger partial charge in [-0.3, -0.25) is 9.88 Å². The van der Waals surface area contributed by atoms with Crippen molar-refractivity contribution in [3.05, 3.63) is 83.8 Å². The van der Waals surface area contributed by atoms with Gasteiger partial charge in [0.05, 0.1) is 38.5 Å². The summed E-state index contributed by atoms with van der Waals surface area (Å²) in [6.07, 6.45) is 2.39. The van der Waals surface area contributed by atoms with Gasteiger partial charge >= 0.3 is 6.03 Å². The van der Waals surface area contributed by atoms with E-state index in [4.69, 9.17) is 18.9 Å². The van der Waals surface area contributed by atoms with Gasteiger partial charge in [0.15, 0.2) is 23.1 Å². The number of ether oxygens (including phenoxy) is 4. The highest BCUT2D eigenvalue weighted by atomic mass is 19.1. The minimum absolute atomic E-state index is 0.0763. The summed E-state index contributed by atoms with van der Waals surface area (Å²) >= 11 is 0. The van der Waals surface area contributed by atoms with Gasteiger partial charge in [0.2, 0.25) is 0 Å². The van der Waals surface area contributed by atoms with E-state index < -0.39 is 29.5 Å². The summed E-state index contributed by atoms with van der Waals surface area (Å²) in [6, 6.07) is 10.7. The Labute approximate surface area is 252 Å². The molecule has 0 bridgehead atoms. The number of hydrogen-bond donors (Lipinski definition) is 2. The Kier molecular flexibility index (Phi) is 10.0. The zero-order valence-electron chi connectivity index (χ0n) is 24.4. The number of carbonyl (C=O) groups is 1. The predicted molar refractivity (Wildman–Crippen MR) is 159 cm³/mol. The van der Waals surface area contributed by atoms with Crippen LogP contribution in [0.15, 0.2) is 60.8 Å². The Hall–Kier alpha value is -4.55. The van der Waals surface area contributed by atoms with Crippen molar-refractivity contribution in [2.45, 2.75) is 19.4 Å². The van der Waals surface area contributed by atoms with E-state index in [0.717, 1.165) is 57.5 Å². The van der Waals surface area contributed by atoms with Crippen LogP contribution in [0.25, 0.3) is 10.9 Å². The lowest BCUT2D eigenvalue weighted by Gasteiger charge is -2.26. The number of carbonyl (C=O) groups excluding carboxylic acids is 1. The maximum Gasteiger partial charge on any atom is 0.319 e. The van der Waals surface area contributed by atoms with Crippen LogP contribution in [0, 0.1) is 17.5 Å². The van der Waals surface area contributed by atoms with E-state index in [-0.39, 0.29) is 17.0 Å². The molecule has 0 saturated carbocycles. The second kappa shape index (κ2) is 14.3. The maximum absolute atomic E-state index is 15.1. The van der Waals surface area contributed by atoms with Crippen LogP contribution in [0.1, 0.15) is 24.9 Å². The number of morpholine rings is 1. The quantitative estimate of drug-likeness (QED) is 0.189. The van der Waals surface area contributed by atoms with E-state index in [1.165, 1.54) is 25.3 Å². The van der Waals surface area contributed by atoms with Crippen molar-refractivity contribution in [1.29, 1.82) is 0 Å². The Morgan fingerprint density at radius 3 is 2.55 bits per heavy atom. The summed E-state index contributed by atoms with van der Waals surface area (Å²) in [5.41, 5.74) is 0.837. The zero-order valence-corrected chi connectivity index (χ0v) is 24.4. The van der Waals surface area contributed by atoms with Crippen LogP contribution in [0.5, 0.6) is 23.0 Å². The zero-order chi connectivity index (χ0) is 31.1. The number of halogens is 3. The first-order valence-electron chi connectivity index (χ1n) is 14.2. The fraction of sp³-hybridized carbons (Fsp3) is 0.312. The molecule has 5 rings (SSSR count). The standard InChI is InChI=1S/C32H33F3N4O5/c1-20(23-6-4-21(33)16-25(23)34)37-32(40)38-22-5-7-29(26(35)17-22)44-28-8-9-36-27-19-31(30(41-2)18-24(27)28)43-13-3-10-39-11-14-42-15-12-39/h4-9,16-20H,3,10-15H2,1-2H3,(H2,37,38,40). The Morgan fingerprint density at radius 1 is 0.977 bits per heavy atom. The van der Waals surface area contributed by atoms with Gasteiger partial charge in [0.25, 0.3) is 0 Å². The minimum atomic E-state index is -0.783. The van der Waals surface area contributed by atoms with Gasteiger partial charge in [-0.15, -0.1) is 0 Å². The number of hydrogen-bond acceptors (Lipinski definition) is 7. The molecule has 12 heteroatoms. The number of rotatable bonds is 11. The Bertz CT molecular complexity index is 1620. The molecule has 1 unspecified atom stereocenters. The molecule has 1 aromatic heterocycles. The number of methoxy groups -OCH3 is 1. The van der Waals surface area contributed by atoms with Crippen molar-refractivity contribution >= 4 is 22.6 Å². The molecule has 2 amide bonds. The average Bonchev–Trinajstić information content (AvgIpc) is 3.00. The number of nitrogens with zero attached hydrogens (tertiary/aromatic N) is 2. The number of nitrogens with one attached hydrogen (secondary N) is 2. The third kappa shape index (κ3) is 7.69. The first kappa shape index (κ1) is 30.9. The van der Waals surface area contributed by atoms with E-state index in [2.05, 4.69) is 20.5 Å². The van der Waals surface area contributed by atoms with Crippen molar-refractivity contribution in [2.75, 3.05) is 51.9 Å². The largest absolute Gasteiger partial charge is 0.493 e. The van der Waals surface area contributed by atoms with E-state index in [1.807, 2.05) is 0 Å². The van der Waals surface area contributed by atoms with Crippen LogP contribution < -0.4 is 24.8 Å². The van der Waals surface area contributed by atoms with Gasteiger partial charge in [0.1, 0.15) is 17.4 Å². The van der Waals surface area contributed by atoms with Gasteiger partial charge in [-0.1, -0.05) is 6.07 Å². The molecular formula is C32H33F3N4O5. The summed E-state index contributed by atoms with van der Waals surface area (Å²) in [6.45, 7) is 6.29. The number of urea groups is 1. The molecular weight excluding hydrogens is 577 g/mol. The summed E-state index contributed by atoms with van der Waals surface area (Å²) < 4.78 is 65.2. The van der Waals surface area contributed by atoms with Crippen molar-refractivity contribution in [1.82, 2.24) is 15.2 Å². The summed E-state index contributed by atoms with van der Waals surface area (Å²) in [5, 5.41) is 5.64. The van der Waals surface area contributed by atoms with Crippen LogP contribution in [0.4, 0.5) is 23.7 Å². The fourth-order valence-electron chi connectivity index (χ4n) is 4.86. The number of anilines is 1. The second-order valence-electron chi connectivity index (χ2n) is 10.2. The summed E-state index contributed by atoms with van der Waals surface area (Å²) in [7, 11) is 1.54. The molecule has 1 fully saturated rings. The number of pyridine rings is 1. The molecule has 2 N–H and O–H groups in total. The predicted octanol–water partition coefficient (Wildman–Crippen LogP) is 6.44. The van der Waals surface area contributed by atoms with Gasteiger partial charge < -0.3 is 29.6 Å². The Balaban J connectivity index is 1.22. The molecule has 0 spiro atoms. The maximum atomic E-state index is 15.1. The molecule has 232 valence electrons. The normalized spacial score (nSPS) is 14.2. The molecule has 1 saturated heterocycles. The summed E-state index contributed by atoms with van der Waals surface area (Å²) in [5.74, 6) is -0.922. The first-order valence-corrected chi connectivity index (χ1v) is 14.2. The second-order valence-corrected chi connectivity index (χ2v) is 10.2. The van der Waals surface area contributed by atoms with Gasteiger partial charge in [-0.05, 0) is 43.7 Å². The summed E-state index contributed by atoms with van der Waals surface area (Å²) in [4.78, 5) is 19.2. The molecule has 3 aromatic carbocycles. The molecule has 2 heterocycles. The van der Waals surface area contributed by atoms with Crippen molar-refractivity contribution < 1.29 is 36.9 Å². The molecule has 1 aliphatic rings. The highest BCUT2D eigenvalue weighted by molar-refractivity contribution is 5.90. The Morgan fingerprint density at radius 2 is 1.80 bits per heavy atom. The average molecular weight is 611 g/mol. The number of aromatic nitrogens is 1. The van der Waals surface area contributed by atoms with E-state index >= 15 is 4.39 Å². The van der Waals surface area contributed by atoms with Gasteiger partial charge in [0, 0.05) is 60.7 Å². The number of amides is 2. The van der Waals surface area contributed by atoms with Crippen LogP contribution >= 0.6 is 0 Å². The topological polar surface area (TPSA) is 94.2 Å². The molecule has 0 radical (unpaired) electrons. The third-order valence-electron chi connectivity index (χ3n) is 7.15. The van der Waals surface area contributed by atoms with E-state index in [0.29, 0.717) is 34.8 Å². The monoisotopic (exact) mass is 610 g/mol. The molecule has 9 nitrogen and oxygen atoms in total. The van der Waals surface area contributed by atoms with Crippen molar-refractivity contribution in [3.63, 3.8) is 0 Å². The lowest BCUT2D eigenvalue weighted by Crippen LogP contribution is -2.37. The highest BCUT2D eigenvalue weighted by Crippen LogP contribution is 2.38. The van der Waals surface area contributed by atoms with Gasteiger partial charge in [-0.25, -0.2) is 18.0 Å². The van der Waals surface area contributed by atoms with Crippen LogP contribution in [0.3, 0.4) is 0 Å². The fourth-order valence-corrected chi connectivity index (χ4v) is 4.86. The van der Waals surface area contributed by atoms with E-state index in [1.54, 1.807) is 31.3 Å². The highest BCUT2D eigenvalue weighted by Gasteiger charge is 2.17. The lowest BCUT2D eigenvalue weighted by molar-refractivity contribution is 0.0357. The van der Waals surface area contributed by atoms with Gasteiger partial charge in [-0.2, -0.15) is 0 Å². The van der Waals surface area contributed by atoms with Crippen LogP contribution in [-0.2, 0) is 4.74 Å². The SMILES string of the molecule is COc1cc2c(Oc3ccc(NC(=O)NC(C)c4ccc(F)cc4F)cc3F)ccnc2cc1OCCCN1CCOCC1. The molecule has 44 heavy (non-hydrogen) atoms. The number of benzene rings is 3. The molecule has 1 aliphatic heterocycles. The smallest absolute Gasteiger partial charge is 0.319 e. The van der Waals surface area contributed by atoms with Crippen molar-refractivity contribution in [2.24, 2.45) is 0 Å². The minimum Gasteiger partial charge on any atom is -0.493 e. The molecule has 4 aromatic rings. The van der Waals surface area contributed by atoms with E-state index in [9.17, 15) is 13.6 Å². The van der Waals surface area contributed by atoms with Crippen LogP contribution in [-0.4, -0.2) is 62.5 Å².